The first-order chi connectivity index (χ1) is 9.86. The van der Waals surface area contributed by atoms with Crippen LogP contribution in [0.15, 0.2) is 18.2 Å². The van der Waals surface area contributed by atoms with Gasteiger partial charge in [0.1, 0.15) is 5.56 Å². The minimum Gasteiger partial charge on any atom is -0.481 e. The van der Waals surface area contributed by atoms with Gasteiger partial charge in [-0.1, -0.05) is 31.0 Å². The Hall–Kier alpha value is -2.15. The summed E-state index contributed by atoms with van der Waals surface area (Å²) in [6, 6.07) is 3.96. The first-order valence-corrected chi connectivity index (χ1v) is 6.67. The highest BCUT2D eigenvalue weighted by Crippen LogP contribution is 2.26. The Balaban J connectivity index is 2.85. The second-order valence-electron chi connectivity index (χ2n) is 4.47. The van der Waals surface area contributed by atoms with Gasteiger partial charge in [-0.05, 0) is 12.0 Å². The summed E-state index contributed by atoms with van der Waals surface area (Å²) in [4.78, 5) is 32.9. The van der Waals surface area contributed by atoms with Crippen molar-refractivity contribution in [3.63, 3.8) is 0 Å². The van der Waals surface area contributed by atoms with E-state index >= 15 is 0 Å². The maximum absolute atomic E-state index is 12.0. The third-order valence-corrected chi connectivity index (χ3v) is 3.32. The molecule has 1 aromatic rings. The number of nitro groups is 1. The van der Waals surface area contributed by atoms with Gasteiger partial charge in [-0.3, -0.25) is 19.7 Å². The van der Waals surface area contributed by atoms with Crippen LogP contribution in [0.3, 0.4) is 0 Å². The summed E-state index contributed by atoms with van der Waals surface area (Å²) in [5.74, 6) is -1.89. The molecule has 1 aromatic carbocycles. The summed E-state index contributed by atoms with van der Waals surface area (Å²) in [5, 5.41) is 22.1. The predicted octanol–water partition coefficient (Wildman–Crippen LogP) is 2.48. The van der Waals surface area contributed by atoms with E-state index in [-0.39, 0.29) is 35.2 Å². The molecule has 114 valence electrons. The molecule has 0 spiro atoms. The molecule has 0 bridgehead atoms. The van der Waals surface area contributed by atoms with Crippen LogP contribution in [0.25, 0.3) is 0 Å². The summed E-state index contributed by atoms with van der Waals surface area (Å²) >= 11 is 5.84. The van der Waals surface area contributed by atoms with E-state index < -0.39 is 16.8 Å². The molecular formula is C13H15ClN2O5. The van der Waals surface area contributed by atoms with Crippen LogP contribution in [-0.4, -0.2) is 28.5 Å². The number of halogens is 1. The number of carbonyl (C=O) groups is 2. The van der Waals surface area contributed by atoms with Crippen LogP contribution >= 0.6 is 11.6 Å². The summed E-state index contributed by atoms with van der Waals surface area (Å²) in [5.41, 5.74) is -0.597. The zero-order chi connectivity index (χ0) is 16.0. The number of carbonyl (C=O) groups excluding carboxylic acids is 1. The Morgan fingerprint density at radius 3 is 2.67 bits per heavy atom. The molecule has 0 heterocycles. The lowest BCUT2D eigenvalue weighted by Gasteiger charge is -2.13. The van der Waals surface area contributed by atoms with Crippen molar-refractivity contribution >= 4 is 29.2 Å². The average molecular weight is 315 g/mol. The molecular weight excluding hydrogens is 300 g/mol. The fraction of sp³-hybridized carbons (Fsp3) is 0.385. The zero-order valence-electron chi connectivity index (χ0n) is 11.3. The molecule has 0 aliphatic rings. The first kappa shape index (κ1) is 16.9. The molecule has 0 aliphatic carbocycles. The van der Waals surface area contributed by atoms with Crippen LogP contribution in [0.1, 0.15) is 30.1 Å². The number of nitro benzene ring substituents is 1. The zero-order valence-corrected chi connectivity index (χ0v) is 12.1. The number of nitrogens with one attached hydrogen (secondary N) is 1. The molecule has 0 radical (unpaired) electrons. The maximum atomic E-state index is 12.0. The molecule has 2 N–H and O–H groups in total. The Kier molecular flexibility index (Phi) is 6.10. The summed E-state index contributed by atoms with van der Waals surface area (Å²) in [6.45, 7) is 1.92. The number of nitrogens with zero attached hydrogens (tertiary/aromatic N) is 1. The van der Waals surface area contributed by atoms with Crippen molar-refractivity contribution in [1.82, 2.24) is 5.32 Å². The van der Waals surface area contributed by atoms with Crippen molar-refractivity contribution in [2.45, 2.75) is 19.8 Å². The number of amides is 1. The second kappa shape index (κ2) is 7.58. The van der Waals surface area contributed by atoms with E-state index in [1.807, 2.05) is 0 Å². The van der Waals surface area contributed by atoms with Gasteiger partial charge in [-0.2, -0.15) is 0 Å². The molecule has 7 nitrogen and oxygen atoms in total. The molecule has 0 saturated heterocycles. The molecule has 0 aliphatic heterocycles. The molecule has 1 atom stereocenters. The molecule has 0 aromatic heterocycles. The lowest BCUT2D eigenvalue weighted by molar-refractivity contribution is -0.385. The van der Waals surface area contributed by atoms with Crippen molar-refractivity contribution in [3.8, 4) is 0 Å². The Labute approximate surface area is 126 Å². The second-order valence-corrected chi connectivity index (χ2v) is 4.88. The minimum atomic E-state index is -0.958. The topological polar surface area (TPSA) is 110 Å². The third-order valence-electron chi connectivity index (χ3n) is 3.01. The van der Waals surface area contributed by atoms with E-state index in [1.165, 1.54) is 18.2 Å². The fourth-order valence-corrected chi connectivity index (χ4v) is 2.08. The Morgan fingerprint density at radius 1 is 1.48 bits per heavy atom. The summed E-state index contributed by atoms with van der Waals surface area (Å²) in [7, 11) is 0. The van der Waals surface area contributed by atoms with Crippen LogP contribution in [0.2, 0.25) is 5.02 Å². The lowest BCUT2D eigenvalue weighted by Crippen LogP contribution is -2.30. The van der Waals surface area contributed by atoms with Crippen molar-refractivity contribution in [1.29, 1.82) is 0 Å². The smallest absolute Gasteiger partial charge is 0.303 e. The number of carboxylic acid groups (broad SMARTS) is 1. The van der Waals surface area contributed by atoms with E-state index in [0.717, 1.165) is 0 Å². The number of hydrogen-bond donors (Lipinski definition) is 2. The van der Waals surface area contributed by atoms with Gasteiger partial charge in [0.05, 0.1) is 9.95 Å². The lowest BCUT2D eigenvalue weighted by atomic mass is 10.0. The quantitative estimate of drug-likeness (QED) is 0.593. The van der Waals surface area contributed by atoms with Gasteiger partial charge in [-0.15, -0.1) is 0 Å². The number of hydrogen-bond acceptors (Lipinski definition) is 4. The standard InChI is InChI=1S/C13H15ClN2O5/c1-2-8(6-11(17)18)7-15-13(19)12-9(14)4-3-5-10(12)16(20)21/h3-5,8H,2,6-7H2,1H3,(H,15,19)(H,17,18). The average Bonchev–Trinajstić information content (AvgIpc) is 2.42. The van der Waals surface area contributed by atoms with Crippen LogP contribution < -0.4 is 5.32 Å². The number of aliphatic carboxylic acids is 1. The molecule has 21 heavy (non-hydrogen) atoms. The maximum Gasteiger partial charge on any atom is 0.303 e. The highest BCUT2D eigenvalue weighted by Gasteiger charge is 2.23. The van der Waals surface area contributed by atoms with Crippen molar-refractivity contribution < 1.29 is 19.6 Å². The molecule has 1 amide bonds. The molecule has 8 heteroatoms. The summed E-state index contributed by atoms with van der Waals surface area (Å²) in [6.07, 6.45) is 0.485. The van der Waals surface area contributed by atoms with Crippen molar-refractivity contribution in [2.75, 3.05) is 6.54 Å². The molecule has 0 fully saturated rings. The molecule has 1 unspecified atom stereocenters. The minimum absolute atomic E-state index is 0.0204. The van der Waals surface area contributed by atoms with Gasteiger partial charge in [0.2, 0.25) is 0 Å². The SMILES string of the molecule is CCC(CNC(=O)c1c(Cl)cccc1[N+](=O)[O-])CC(=O)O. The van der Waals surface area contributed by atoms with Crippen LogP contribution in [-0.2, 0) is 4.79 Å². The van der Waals surface area contributed by atoms with Crippen LogP contribution in [0.5, 0.6) is 0 Å². The van der Waals surface area contributed by atoms with Gasteiger partial charge in [0.25, 0.3) is 11.6 Å². The van der Waals surface area contributed by atoms with Crippen molar-refractivity contribution in [3.05, 3.63) is 38.9 Å². The highest BCUT2D eigenvalue weighted by atomic mass is 35.5. The van der Waals surface area contributed by atoms with Crippen LogP contribution in [0.4, 0.5) is 5.69 Å². The van der Waals surface area contributed by atoms with Gasteiger partial charge in [0.15, 0.2) is 0 Å². The van der Waals surface area contributed by atoms with E-state index in [4.69, 9.17) is 16.7 Å². The predicted molar refractivity (Wildman–Crippen MR) is 76.5 cm³/mol. The van der Waals surface area contributed by atoms with E-state index in [1.54, 1.807) is 6.92 Å². The molecule has 1 rings (SSSR count). The highest BCUT2D eigenvalue weighted by molar-refractivity contribution is 6.34. The van der Waals surface area contributed by atoms with E-state index in [9.17, 15) is 19.7 Å². The van der Waals surface area contributed by atoms with Gasteiger partial charge < -0.3 is 10.4 Å². The van der Waals surface area contributed by atoms with E-state index in [0.29, 0.717) is 6.42 Å². The Bertz CT molecular complexity index is 561. The largest absolute Gasteiger partial charge is 0.481 e. The van der Waals surface area contributed by atoms with Gasteiger partial charge >= 0.3 is 5.97 Å². The fourth-order valence-electron chi connectivity index (χ4n) is 1.82. The third kappa shape index (κ3) is 4.71. The monoisotopic (exact) mass is 314 g/mol. The Morgan fingerprint density at radius 2 is 2.14 bits per heavy atom. The normalized spacial score (nSPS) is 11.7. The van der Waals surface area contributed by atoms with Gasteiger partial charge in [-0.25, -0.2) is 0 Å². The number of rotatable bonds is 7. The summed E-state index contributed by atoms with van der Waals surface area (Å²) < 4.78 is 0. The number of benzene rings is 1. The van der Waals surface area contributed by atoms with Crippen molar-refractivity contribution in [2.24, 2.45) is 5.92 Å². The number of carboxylic acids is 1. The molecule has 0 saturated carbocycles. The van der Waals surface area contributed by atoms with E-state index in [2.05, 4.69) is 5.32 Å². The first-order valence-electron chi connectivity index (χ1n) is 6.29. The van der Waals surface area contributed by atoms with Crippen LogP contribution in [0, 0.1) is 16.0 Å². The van der Waals surface area contributed by atoms with Gasteiger partial charge in [0, 0.05) is 19.0 Å².